The molecule has 1 aliphatic heterocycles. The molecule has 6 nitrogen and oxygen atoms in total. The van der Waals surface area contributed by atoms with E-state index >= 15 is 0 Å². The third-order valence-corrected chi connectivity index (χ3v) is 3.95. The summed E-state index contributed by atoms with van der Waals surface area (Å²) in [5.74, 6) is 0.763. The van der Waals surface area contributed by atoms with Crippen molar-refractivity contribution in [1.82, 2.24) is 10.1 Å². The SMILES string of the molecule is CC(CO)N(C)C(=O)c1cc(-c2ccc3c(c2)CCO3)no1. The summed E-state index contributed by atoms with van der Waals surface area (Å²) in [6, 6.07) is 7.16. The van der Waals surface area contributed by atoms with Crippen molar-refractivity contribution < 1.29 is 19.2 Å². The molecule has 0 aliphatic carbocycles. The van der Waals surface area contributed by atoms with Gasteiger partial charge in [-0.25, -0.2) is 0 Å². The predicted molar refractivity (Wildman–Crippen MR) is 79.8 cm³/mol. The maximum absolute atomic E-state index is 12.2. The van der Waals surface area contributed by atoms with E-state index in [1.54, 1.807) is 20.0 Å². The number of carbonyl (C=O) groups is 1. The van der Waals surface area contributed by atoms with E-state index in [1.165, 1.54) is 4.90 Å². The number of hydrogen-bond donors (Lipinski definition) is 1. The number of rotatable bonds is 4. The van der Waals surface area contributed by atoms with E-state index < -0.39 is 0 Å². The second-order valence-corrected chi connectivity index (χ2v) is 5.45. The number of aliphatic hydroxyl groups excluding tert-OH is 1. The topological polar surface area (TPSA) is 75.8 Å². The van der Waals surface area contributed by atoms with Gasteiger partial charge in [-0.3, -0.25) is 4.79 Å². The van der Waals surface area contributed by atoms with Gasteiger partial charge in [-0.15, -0.1) is 0 Å². The Kier molecular flexibility index (Phi) is 3.85. The van der Waals surface area contributed by atoms with Crippen molar-refractivity contribution >= 4 is 5.91 Å². The molecule has 0 saturated heterocycles. The van der Waals surface area contributed by atoms with Crippen molar-refractivity contribution in [3.63, 3.8) is 0 Å². The lowest BCUT2D eigenvalue weighted by Gasteiger charge is -2.21. The maximum Gasteiger partial charge on any atom is 0.292 e. The van der Waals surface area contributed by atoms with Gasteiger partial charge in [-0.05, 0) is 30.7 Å². The van der Waals surface area contributed by atoms with Crippen LogP contribution in [0.25, 0.3) is 11.3 Å². The molecule has 1 amide bonds. The van der Waals surface area contributed by atoms with Crippen LogP contribution >= 0.6 is 0 Å². The summed E-state index contributed by atoms with van der Waals surface area (Å²) in [5, 5.41) is 13.1. The Morgan fingerprint density at radius 2 is 2.27 bits per heavy atom. The number of aliphatic hydroxyl groups is 1. The zero-order valence-corrected chi connectivity index (χ0v) is 12.6. The molecule has 2 heterocycles. The minimum atomic E-state index is -0.301. The van der Waals surface area contributed by atoms with Gasteiger partial charge in [0.15, 0.2) is 0 Å². The van der Waals surface area contributed by atoms with Gasteiger partial charge in [-0.1, -0.05) is 5.16 Å². The third-order valence-electron chi connectivity index (χ3n) is 3.95. The van der Waals surface area contributed by atoms with Gasteiger partial charge in [0, 0.05) is 25.1 Å². The summed E-state index contributed by atoms with van der Waals surface area (Å²) in [6.45, 7) is 2.36. The van der Waals surface area contributed by atoms with Crippen LogP contribution in [0.15, 0.2) is 28.8 Å². The van der Waals surface area contributed by atoms with Gasteiger partial charge < -0.3 is 19.3 Å². The number of nitrogens with zero attached hydrogens (tertiary/aromatic N) is 2. The van der Waals surface area contributed by atoms with E-state index in [0.717, 1.165) is 23.3 Å². The number of carbonyl (C=O) groups excluding carboxylic acids is 1. The second kappa shape index (κ2) is 5.81. The van der Waals surface area contributed by atoms with E-state index in [0.29, 0.717) is 12.3 Å². The molecule has 6 heteroatoms. The number of benzene rings is 1. The molecule has 0 fully saturated rings. The van der Waals surface area contributed by atoms with Crippen molar-refractivity contribution in [3.05, 3.63) is 35.6 Å². The van der Waals surface area contributed by atoms with Gasteiger partial charge >= 0.3 is 0 Å². The first-order chi connectivity index (χ1) is 10.6. The molecule has 3 rings (SSSR count). The van der Waals surface area contributed by atoms with E-state index in [1.807, 2.05) is 18.2 Å². The minimum absolute atomic E-state index is 0.103. The molecule has 0 saturated carbocycles. The highest BCUT2D eigenvalue weighted by Gasteiger charge is 2.22. The summed E-state index contributed by atoms with van der Waals surface area (Å²) in [5.41, 5.74) is 2.65. The quantitative estimate of drug-likeness (QED) is 0.931. The molecule has 1 unspecified atom stereocenters. The summed E-state index contributed by atoms with van der Waals surface area (Å²) < 4.78 is 10.6. The van der Waals surface area contributed by atoms with Crippen LogP contribution in [0.1, 0.15) is 23.0 Å². The van der Waals surface area contributed by atoms with Crippen molar-refractivity contribution in [3.8, 4) is 17.0 Å². The molecule has 1 aromatic carbocycles. The van der Waals surface area contributed by atoms with Gasteiger partial charge in [0.1, 0.15) is 11.4 Å². The number of fused-ring (bicyclic) bond motifs is 1. The van der Waals surface area contributed by atoms with Crippen molar-refractivity contribution in [2.75, 3.05) is 20.3 Å². The molecule has 1 atom stereocenters. The molecule has 1 N–H and O–H groups in total. The fraction of sp³-hybridized carbons (Fsp3) is 0.375. The molecule has 116 valence electrons. The van der Waals surface area contributed by atoms with Crippen LogP contribution in [0.2, 0.25) is 0 Å². The summed E-state index contributed by atoms with van der Waals surface area (Å²) in [6.07, 6.45) is 0.879. The molecule has 22 heavy (non-hydrogen) atoms. The van der Waals surface area contributed by atoms with Crippen LogP contribution in [0.4, 0.5) is 0 Å². The number of aromatic nitrogens is 1. The van der Waals surface area contributed by atoms with Gasteiger partial charge in [0.05, 0.1) is 19.3 Å². The average Bonchev–Trinajstić information content (AvgIpc) is 3.20. The second-order valence-electron chi connectivity index (χ2n) is 5.45. The smallest absolute Gasteiger partial charge is 0.292 e. The first-order valence-electron chi connectivity index (χ1n) is 7.21. The molecule has 1 aliphatic rings. The number of ether oxygens (including phenoxy) is 1. The van der Waals surface area contributed by atoms with Gasteiger partial charge in [0.2, 0.25) is 5.76 Å². The standard InChI is InChI=1S/C16H18N2O4/c1-10(9-19)18(2)16(20)15-8-13(17-22-15)11-3-4-14-12(7-11)5-6-21-14/h3-4,7-8,10,19H,5-6,9H2,1-2H3. The number of amides is 1. The van der Waals surface area contributed by atoms with Crippen LogP contribution in [-0.2, 0) is 6.42 Å². The average molecular weight is 302 g/mol. The Morgan fingerprint density at radius 1 is 1.45 bits per heavy atom. The Balaban J connectivity index is 1.83. The van der Waals surface area contributed by atoms with Crippen LogP contribution in [0.3, 0.4) is 0 Å². The van der Waals surface area contributed by atoms with Crippen molar-refractivity contribution in [2.24, 2.45) is 0 Å². The minimum Gasteiger partial charge on any atom is -0.493 e. The monoisotopic (exact) mass is 302 g/mol. The lowest BCUT2D eigenvalue weighted by Crippen LogP contribution is -2.37. The molecule has 1 aromatic heterocycles. The summed E-state index contributed by atoms with van der Waals surface area (Å²) in [7, 11) is 1.62. The lowest BCUT2D eigenvalue weighted by atomic mass is 10.1. The first kappa shape index (κ1) is 14.6. The lowest BCUT2D eigenvalue weighted by molar-refractivity contribution is 0.0641. The molecular weight excluding hydrogens is 284 g/mol. The van der Waals surface area contributed by atoms with Crippen LogP contribution in [0.5, 0.6) is 5.75 Å². The van der Waals surface area contributed by atoms with Crippen molar-refractivity contribution in [2.45, 2.75) is 19.4 Å². The number of hydrogen-bond acceptors (Lipinski definition) is 5. The summed E-state index contributed by atoms with van der Waals surface area (Å²) in [4.78, 5) is 13.7. The Labute approximate surface area is 128 Å². The zero-order chi connectivity index (χ0) is 15.7. The third kappa shape index (κ3) is 2.57. The Morgan fingerprint density at radius 3 is 3.05 bits per heavy atom. The molecular formula is C16H18N2O4. The Hall–Kier alpha value is -2.34. The maximum atomic E-state index is 12.2. The largest absolute Gasteiger partial charge is 0.493 e. The number of likely N-dealkylation sites (N-methyl/N-ethyl adjacent to an activating group) is 1. The van der Waals surface area contributed by atoms with Crippen LogP contribution < -0.4 is 4.74 Å². The highest BCUT2D eigenvalue weighted by atomic mass is 16.5. The van der Waals surface area contributed by atoms with Crippen molar-refractivity contribution in [1.29, 1.82) is 0 Å². The van der Waals surface area contributed by atoms with E-state index in [4.69, 9.17) is 14.4 Å². The van der Waals surface area contributed by atoms with Gasteiger partial charge in [-0.2, -0.15) is 0 Å². The fourth-order valence-corrected chi connectivity index (χ4v) is 2.35. The zero-order valence-electron chi connectivity index (χ0n) is 12.6. The van der Waals surface area contributed by atoms with Gasteiger partial charge in [0.25, 0.3) is 5.91 Å². The highest BCUT2D eigenvalue weighted by molar-refractivity contribution is 5.92. The first-order valence-corrected chi connectivity index (χ1v) is 7.21. The van der Waals surface area contributed by atoms with E-state index in [9.17, 15) is 4.79 Å². The molecule has 0 bridgehead atoms. The van der Waals surface area contributed by atoms with Crippen LogP contribution in [0, 0.1) is 0 Å². The fourth-order valence-electron chi connectivity index (χ4n) is 2.35. The molecule has 0 spiro atoms. The van der Waals surface area contributed by atoms with E-state index in [2.05, 4.69) is 5.16 Å². The Bertz CT molecular complexity index is 695. The normalized spacial score (nSPS) is 14.3. The molecule has 2 aromatic rings. The predicted octanol–water partition coefficient (Wildman–Crippen LogP) is 1.73. The van der Waals surface area contributed by atoms with Crippen LogP contribution in [-0.4, -0.2) is 47.4 Å². The molecule has 0 radical (unpaired) electrons. The highest BCUT2D eigenvalue weighted by Crippen LogP contribution is 2.30. The van der Waals surface area contributed by atoms with E-state index in [-0.39, 0.29) is 24.3 Å². The summed E-state index contributed by atoms with van der Waals surface area (Å²) >= 11 is 0.